The van der Waals surface area contributed by atoms with Gasteiger partial charge in [-0.15, -0.1) is 0 Å². The van der Waals surface area contributed by atoms with Crippen molar-refractivity contribution in [2.45, 2.75) is 0 Å². The van der Waals surface area contributed by atoms with Gasteiger partial charge in [0.25, 0.3) is 0 Å². The third kappa shape index (κ3) is 5.56. The summed E-state index contributed by atoms with van der Waals surface area (Å²) in [4.78, 5) is 15.1. The topological polar surface area (TPSA) is 51.8 Å². The molecule has 0 aliphatic heterocycles. The molecule has 0 amide bonds. The number of hydrogen-bond donors (Lipinski definition) is 0. The van der Waals surface area contributed by atoms with E-state index in [1.54, 1.807) is 0 Å². The SMILES string of the molecule is c1ccc(-c2ccc(-c3cccc(-c4nc(-c5ccc(-c6ccccc6)cc5)nc(-c5ccc6c(c5)oc5ccccc56)n4)c3)cc2)cc1. The maximum absolute atomic E-state index is 6.23. The van der Waals surface area contributed by atoms with Crippen LogP contribution in [0.25, 0.3) is 89.5 Å². The van der Waals surface area contributed by atoms with E-state index in [1.165, 1.54) is 16.7 Å². The number of para-hydroxylation sites is 1. The summed E-state index contributed by atoms with van der Waals surface area (Å²) >= 11 is 0. The first kappa shape index (κ1) is 28.6. The van der Waals surface area contributed by atoms with E-state index in [0.717, 1.165) is 55.3 Å². The Morgan fingerprint density at radius 3 is 1.31 bits per heavy atom. The normalized spacial score (nSPS) is 11.3. The second-order valence-corrected chi connectivity index (χ2v) is 12.1. The number of benzene rings is 7. The first-order chi connectivity index (χ1) is 24.2. The summed E-state index contributed by atoms with van der Waals surface area (Å²) in [7, 11) is 0. The van der Waals surface area contributed by atoms with E-state index >= 15 is 0 Å². The first-order valence-electron chi connectivity index (χ1n) is 16.4. The number of rotatable bonds is 6. The van der Waals surface area contributed by atoms with Crippen LogP contribution in [0, 0.1) is 0 Å². The van der Waals surface area contributed by atoms with Crippen LogP contribution >= 0.6 is 0 Å². The fourth-order valence-corrected chi connectivity index (χ4v) is 6.39. The lowest BCUT2D eigenvalue weighted by molar-refractivity contribution is 0.669. The third-order valence-corrected chi connectivity index (χ3v) is 8.97. The standard InChI is InChI=1S/C45H29N3O/c1-3-10-30(11-4-1)32-18-20-34(21-19-32)36-14-9-15-37(28-36)44-46-43(35-24-22-33(23-25-35)31-12-5-2-6-13-31)47-45(48-44)38-26-27-40-39-16-7-8-17-41(39)49-42(40)29-38/h1-29H. The molecule has 9 rings (SSSR count). The maximum Gasteiger partial charge on any atom is 0.164 e. The van der Waals surface area contributed by atoms with E-state index in [4.69, 9.17) is 19.4 Å². The first-order valence-corrected chi connectivity index (χ1v) is 16.4. The highest BCUT2D eigenvalue weighted by molar-refractivity contribution is 6.05. The van der Waals surface area contributed by atoms with Gasteiger partial charge in [-0.25, -0.2) is 15.0 Å². The minimum Gasteiger partial charge on any atom is -0.456 e. The van der Waals surface area contributed by atoms with Crippen LogP contribution in [0.15, 0.2) is 180 Å². The van der Waals surface area contributed by atoms with Gasteiger partial charge >= 0.3 is 0 Å². The van der Waals surface area contributed by atoms with Crippen LogP contribution in [-0.4, -0.2) is 15.0 Å². The van der Waals surface area contributed by atoms with Gasteiger partial charge in [0.15, 0.2) is 17.5 Å². The molecule has 0 aliphatic rings. The largest absolute Gasteiger partial charge is 0.456 e. The molecule has 0 fully saturated rings. The molecule has 0 bridgehead atoms. The van der Waals surface area contributed by atoms with Crippen molar-refractivity contribution < 1.29 is 4.42 Å². The molecule has 0 radical (unpaired) electrons. The van der Waals surface area contributed by atoms with Crippen molar-refractivity contribution in [2.75, 3.05) is 0 Å². The number of furan rings is 1. The van der Waals surface area contributed by atoms with E-state index in [9.17, 15) is 0 Å². The van der Waals surface area contributed by atoms with Crippen LogP contribution < -0.4 is 0 Å². The molecule has 49 heavy (non-hydrogen) atoms. The van der Waals surface area contributed by atoms with Gasteiger partial charge in [-0.05, 0) is 57.6 Å². The Labute approximate surface area is 284 Å². The summed E-state index contributed by atoms with van der Waals surface area (Å²) in [6, 6.07) is 60.6. The molecule has 0 saturated heterocycles. The van der Waals surface area contributed by atoms with Gasteiger partial charge in [-0.3, -0.25) is 0 Å². The molecule has 4 nitrogen and oxygen atoms in total. The van der Waals surface area contributed by atoms with E-state index in [1.807, 2.05) is 36.4 Å². The fourth-order valence-electron chi connectivity index (χ4n) is 6.39. The Morgan fingerprint density at radius 2 is 0.673 bits per heavy atom. The Morgan fingerprint density at radius 1 is 0.265 bits per heavy atom. The van der Waals surface area contributed by atoms with Crippen LogP contribution in [0.1, 0.15) is 0 Å². The van der Waals surface area contributed by atoms with Crippen molar-refractivity contribution in [3.05, 3.63) is 176 Å². The Bertz CT molecular complexity index is 2570. The lowest BCUT2D eigenvalue weighted by atomic mass is 9.99. The summed E-state index contributed by atoms with van der Waals surface area (Å²) in [6.45, 7) is 0. The second-order valence-electron chi connectivity index (χ2n) is 12.1. The summed E-state index contributed by atoms with van der Waals surface area (Å²) < 4.78 is 6.23. The Balaban J connectivity index is 1.14. The molecule has 0 atom stereocenters. The zero-order chi connectivity index (χ0) is 32.6. The number of nitrogens with zero attached hydrogens (tertiary/aromatic N) is 3. The zero-order valence-corrected chi connectivity index (χ0v) is 26.5. The molecule has 2 heterocycles. The van der Waals surface area contributed by atoms with Crippen molar-refractivity contribution >= 4 is 21.9 Å². The van der Waals surface area contributed by atoms with E-state index in [0.29, 0.717) is 17.5 Å². The number of fused-ring (bicyclic) bond motifs is 3. The molecule has 230 valence electrons. The minimum atomic E-state index is 0.590. The highest BCUT2D eigenvalue weighted by atomic mass is 16.3. The maximum atomic E-state index is 6.23. The Hall–Kier alpha value is -6.65. The lowest BCUT2D eigenvalue weighted by Crippen LogP contribution is -2.00. The monoisotopic (exact) mass is 627 g/mol. The molecule has 0 unspecified atom stereocenters. The van der Waals surface area contributed by atoms with E-state index < -0.39 is 0 Å². The van der Waals surface area contributed by atoms with Crippen molar-refractivity contribution in [3.8, 4) is 67.5 Å². The smallest absolute Gasteiger partial charge is 0.164 e. The van der Waals surface area contributed by atoms with Crippen molar-refractivity contribution in [1.82, 2.24) is 15.0 Å². The van der Waals surface area contributed by atoms with Crippen LogP contribution in [0.3, 0.4) is 0 Å². The second kappa shape index (κ2) is 12.2. The van der Waals surface area contributed by atoms with Crippen LogP contribution in [0.5, 0.6) is 0 Å². The number of aromatic nitrogens is 3. The van der Waals surface area contributed by atoms with Gasteiger partial charge in [0.2, 0.25) is 0 Å². The zero-order valence-electron chi connectivity index (χ0n) is 26.5. The molecule has 0 aliphatic carbocycles. The molecule has 9 aromatic rings. The van der Waals surface area contributed by atoms with Crippen molar-refractivity contribution in [1.29, 1.82) is 0 Å². The van der Waals surface area contributed by atoms with E-state index in [2.05, 4.69) is 140 Å². The van der Waals surface area contributed by atoms with E-state index in [-0.39, 0.29) is 0 Å². The summed E-state index contributed by atoms with van der Waals surface area (Å²) in [5.41, 5.74) is 11.3. The Kier molecular flexibility index (Phi) is 7.10. The van der Waals surface area contributed by atoms with Gasteiger partial charge in [-0.2, -0.15) is 0 Å². The molecule has 0 spiro atoms. The molecule has 0 saturated carbocycles. The molecule has 2 aromatic heterocycles. The summed E-state index contributed by atoms with van der Waals surface area (Å²) in [5, 5.41) is 2.16. The van der Waals surface area contributed by atoms with Gasteiger partial charge < -0.3 is 4.42 Å². The predicted octanol–water partition coefficient (Wildman–Crippen LogP) is 11.8. The molecule has 7 aromatic carbocycles. The average molecular weight is 628 g/mol. The van der Waals surface area contributed by atoms with Gasteiger partial charge in [-0.1, -0.05) is 152 Å². The lowest BCUT2D eigenvalue weighted by Gasteiger charge is -2.10. The average Bonchev–Trinajstić information content (AvgIpc) is 3.57. The highest BCUT2D eigenvalue weighted by Gasteiger charge is 2.15. The van der Waals surface area contributed by atoms with Crippen LogP contribution in [-0.2, 0) is 0 Å². The van der Waals surface area contributed by atoms with Crippen molar-refractivity contribution in [2.24, 2.45) is 0 Å². The molecule has 0 N–H and O–H groups in total. The van der Waals surface area contributed by atoms with Crippen LogP contribution in [0.2, 0.25) is 0 Å². The fraction of sp³-hybridized carbons (Fsp3) is 0. The summed E-state index contributed by atoms with van der Waals surface area (Å²) in [5.74, 6) is 1.81. The molecular formula is C45H29N3O. The third-order valence-electron chi connectivity index (χ3n) is 8.97. The molecule has 4 heteroatoms. The van der Waals surface area contributed by atoms with Crippen molar-refractivity contribution in [3.63, 3.8) is 0 Å². The number of hydrogen-bond acceptors (Lipinski definition) is 4. The predicted molar refractivity (Wildman–Crippen MR) is 200 cm³/mol. The highest BCUT2D eigenvalue weighted by Crippen LogP contribution is 2.34. The van der Waals surface area contributed by atoms with Crippen LogP contribution in [0.4, 0.5) is 0 Å². The van der Waals surface area contributed by atoms with Gasteiger partial charge in [0.05, 0.1) is 0 Å². The minimum absolute atomic E-state index is 0.590. The summed E-state index contributed by atoms with van der Waals surface area (Å²) in [6.07, 6.45) is 0. The van der Waals surface area contributed by atoms with Gasteiger partial charge in [0.1, 0.15) is 11.2 Å². The van der Waals surface area contributed by atoms with Gasteiger partial charge in [0, 0.05) is 27.5 Å². The quantitative estimate of drug-likeness (QED) is 0.184. The molecular weight excluding hydrogens is 599 g/mol.